The highest BCUT2D eigenvalue weighted by Gasteiger charge is 2.51. The van der Waals surface area contributed by atoms with Crippen LogP contribution in [0.4, 0.5) is 0 Å². The number of aliphatic hydroxyl groups excluding tert-OH is 5. The number of phosphoric ester groups is 1. The second kappa shape index (κ2) is 33.7. The minimum absolute atomic E-state index is 0.104. The van der Waals surface area contributed by atoms with E-state index in [0.29, 0.717) is 12.8 Å². The molecule has 0 saturated heterocycles. The smallest absolute Gasteiger partial charge is 0.462 e. The summed E-state index contributed by atoms with van der Waals surface area (Å²) >= 11 is 0. The molecule has 14 heteroatoms. The largest absolute Gasteiger partial charge is 0.472 e. The first-order valence-electron chi connectivity index (χ1n) is 22.3. The van der Waals surface area contributed by atoms with Crippen LogP contribution in [0.3, 0.4) is 0 Å². The van der Waals surface area contributed by atoms with Crippen LogP contribution in [-0.4, -0.2) is 98.3 Å². The van der Waals surface area contributed by atoms with E-state index in [9.17, 15) is 44.6 Å². The van der Waals surface area contributed by atoms with Gasteiger partial charge in [0, 0.05) is 12.8 Å². The van der Waals surface area contributed by atoms with Crippen molar-refractivity contribution in [3.05, 3.63) is 0 Å². The monoisotopic (exact) mass is 825 g/mol. The van der Waals surface area contributed by atoms with Gasteiger partial charge in [-0.1, -0.05) is 174 Å². The van der Waals surface area contributed by atoms with Crippen LogP contribution in [0.1, 0.15) is 200 Å². The summed E-state index contributed by atoms with van der Waals surface area (Å²) < 4.78 is 33.5. The summed E-state index contributed by atoms with van der Waals surface area (Å²) in [5.74, 6) is -1.09. The molecule has 1 fully saturated rings. The van der Waals surface area contributed by atoms with E-state index < -0.39 is 75.7 Å². The zero-order valence-corrected chi connectivity index (χ0v) is 35.8. The van der Waals surface area contributed by atoms with Gasteiger partial charge in [-0.3, -0.25) is 18.6 Å². The number of unbranched alkanes of at least 4 members (excludes halogenated alkanes) is 25. The topological polar surface area (TPSA) is 210 Å². The third-order valence-corrected chi connectivity index (χ3v) is 11.7. The number of phosphoric acid groups is 1. The van der Waals surface area contributed by atoms with Crippen LogP contribution in [0.25, 0.3) is 0 Å². The molecule has 0 heterocycles. The van der Waals surface area contributed by atoms with Crippen molar-refractivity contribution >= 4 is 19.8 Å². The van der Waals surface area contributed by atoms with Gasteiger partial charge in [0.25, 0.3) is 0 Å². The Balaban J connectivity index is 2.46. The van der Waals surface area contributed by atoms with Crippen LogP contribution in [-0.2, 0) is 32.7 Å². The number of carbonyl (C=O) groups is 2. The average molecular weight is 825 g/mol. The highest BCUT2D eigenvalue weighted by atomic mass is 31.2. The second-order valence-electron chi connectivity index (χ2n) is 15.9. The maximum Gasteiger partial charge on any atom is 0.472 e. The second-order valence-corrected chi connectivity index (χ2v) is 17.3. The number of rotatable bonds is 37. The number of hydrogen-bond donors (Lipinski definition) is 6. The zero-order chi connectivity index (χ0) is 41.4. The van der Waals surface area contributed by atoms with Crippen molar-refractivity contribution in [3.63, 3.8) is 0 Å². The molecular formula is C42H81O13P. The van der Waals surface area contributed by atoms with Crippen LogP contribution in [0.2, 0.25) is 0 Å². The van der Waals surface area contributed by atoms with Crippen molar-refractivity contribution in [1.29, 1.82) is 0 Å². The van der Waals surface area contributed by atoms with Gasteiger partial charge in [0.15, 0.2) is 6.10 Å². The van der Waals surface area contributed by atoms with E-state index in [1.54, 1.807) is 0 Å². The maximum atomic E-state index is 12.8. The minimum atomic E-state index is -5.10. The predicted molar refractivity (Wildman–Crippen MR) is 217 cm³/mol. The Kier molecular flexibility index (Phi) is 31.8. The van der Waals surface area contributed by atoms with Crippen LogP contribution in [0.5, 0.6) is 0 Å². The lowest BCUT2D eigenvalue weighted by atomic mass is 9.85. The van der Waals surface area contributed by atoms with Crippen LogP contribution >= 0.6 is 7.82 Å². The van der Waals surface area contributed by atoms with Crippen molar-refractivity contribution in [2.45, 2.75) is 243 Å². The summed E-state index contributed by atoms with van der Waals surface area (Å²) in [5, 5.41) is 50.0. The molecule has 6 unspecified atom stereocenters. The molecule has 0 aromatic heterocycles. The van der Waals surface area contributed by atoms with E-state index in [2.05, 4.69) is 13.8 Å². The van der Waals surface area contributed by atoms with E-state index in [1.165, 1.54) is 122 Å². The molecule has 0 spiro atoms. The van der Waals surface area contributed by atoms with Gasteiger partial charge in [-0.15, -0.1) is 0 Å². The Morgan fingerprint density at radius 3 is 1.18 bits per heavy atom. The fourth-order valence-electron chi connectivity index (χ4n) is 7.05. The first-order valence-corrected chi connectivity index (χ1v) is 23.8. The molecule has 332 valence electrons. The van der Waals surface area contributed by atoms with Gasteiger partial charge in [-0.2, -0.15) is 0 Å². The molecule has 6 N–H and O–H groups in total. The van der Waals surface area contributed by atoms with Gasteiger partial charge in [0.2, 0.25) is 0 Å². The van der Waals surface area contributed by atoms with Gasteiger partial charge in [0.05, 0.1) is 6.61 Å². The highest BCUT2D eigenvalue weighted by Crippen LogP contribution is 2.47. The number of esters is 2. The maximum absolute atomic E-state index is 12.8. The van der Waals surface area contributed by atoms with Crippen LogP contribution in [0, 0.1) is 0 Å². The first kappa shape index (κ1) is 52.9. The molecule has 1 aliphatic carbocycles. The lowest BCUT2D eigenvalue weighted by Crippen LogP contribution is -2.64. The summed E-state index contributed by atoms with van der Waals surface area (Å²) in [5.41, 5.74) is 0. The van der Waals surface area contributed by atoms with Gasteiger partial charge >= 0.3 is 19.8 Å². The Labute approximate surface area is 338 Å². The Morgan fingerprint density at radius 1 is 0.482 bits per heavy atom. The van der Waals surface area contributed by atoms with Gasteiger partial charge < -0.3 is 39.9 Å². The van der Waals surface area contributed by atoms with Crippen LogP contribution in [0.15, 0.2) is 0 Å². The third kappa shape index (κ3) is 26.1. The average Bonchev–Trinajstić information content (AvgIpc) is 3.18. The predicted octanol–water partition coefficient (Wildman–Crippen LogP) is 8.11. The molecule has 8 atom stereocenters. The van der Waals surface area contributed by atoms with E-state index in [-0.39, 0.29) is 12.8 Å². The SMILES string of the molecule is CCCCCCCCCCCCCCCCCC(=O)OC[C@@H](COP(=O)(O)OC1C(O)C(O)C(O)[C@H](O)C1O)OC(=O)CCCCCCCCCCCCCC. The van der Waals surface area contributed by atoms with Gasteiger partial charge in [-0.05, 0) is 12.8 Å². The van der Waals surface area contributed by atoms with Crippen molar-refractivity contribution in [1.82, 2.24) is 0 Å². The standard InChI is InChI=1S/C42H81O13P/c1-3-5-7-9-11-13-15-17-18-19-21-22-24-26-28-30-35(43)52-32-34(54-36(44)31-29-27-25-23-20-16-14-12-10-8-6-4-2)33-53-56(50,51)55-42-40(48)38(46)37(45)39(47)41(42)49/h34,37-42,45-49H,3-33H2,1-2H3,(H,50,51)/t34-,37?,38-,39?,40?,41?,42?/m0/s1. The van der Waals surface area contributed by atoms with Crippen LogP contribution < -0.4 is 0 Å². The quantitative estimate of drug-likeness (QED) is 0.0199. The van der Waals surface area contributed by atoms with E-state index >= 15 is 0 Å². The number of aliphatic hydroxyl groups is 5. The lowest BCUT2D eigenvalue weighted by molar-refractivity contribution is -0.220. The lowest BCUT2D eigenvalue weighted by Gasteiger charge is -2.41. The van der Waals surface area contributed by atoms with E-state index in [4.69, 9.17) is 18.5 Å². The summed E-state index contributed by atoms with van der Waals surface area (Å²) in [6.45, 7) is 3.30. The molecular weight excluding hydrogens is 743 g/mol. The molecule has 0 amide bonds. The third-order valence-electron chi connectivity index (χ3n) is 10.7. The summed E-state index contributed by atoms with van der Waals surface area (Å²) in [6.07, 6.45) is 18.8. The van der Waals surface area contributed by atoms with Crippen molar-refractivity contribution in [3.8, 4) is 0 Å². The number of carbonyl (C=O) groups excluding carboxylic acids is 2. The molecule has 1 saturated carbocycles. The molecule has 0 radical (unpaired) electrons. The number of ether oxygens (including phenoxy) is 2. The molecule has 0 aromatic carbocycles. The zero-order valence-electron chi connectivity index (χ0n) is 34.9. The van der Waals surface area contributed by atoms with Crippen molar-refractivity contribution in [2.24, 2.45) is 0 Å². The number of hydrogen-bond acceptors (Lipinski definition) is 12. The fourth-order valence-corrected chi connectivity index (χ4v) is 8.03. The first-order chi connectivity index (χ1) is 26.9. The molecule has 56 heavy (non-hydrogen) atoms. The van der Waals surface area contributed by atoms with Crippen molar-refractivity contribution < 1.29 is 63.1 Å². The summed E-state index contributed by atoms with van der Waals surface area (Å²) in [6, 6.07) is 0. The molecule has 13 nitrogen and oxygen atoms in total. The van der Waals surface area contributed by atoms with Gasteiger partial charge in [-0.25, -0.2) is 4.57 Å². The highest BCUT2D eigenvalue weighted by molar-refractivity contribution is 7.47. The molecule has 1 rings (SSSR count). The Morgan fingerprint density at radius 2 is 0.804 bits per heavy atom. The normalized spacial score (nSPS) is 22.8. The van der Waals surface area contributed by atoms with Gasteiger partial charge in [0.1, 0.15) is 43.2 Å². The molecule has 1 aliphatic rings. The Hall–Kier alpha value is -1.15. The Bertz CT molecular complexity index is 1000. The fraction of sp³-hybridized carbons (Fsp3) is 0.952. The van der Waals surface area contributed by atoms with E-state index in [0.717, 1.165) is 38.5 Å². The van der Waals surface area contributed by atoms with Crippen molar-refractivity contribution in [2.75, 3.05) is 13.2 Å². The molecule has 0 bridgehead atoms. The summed E-state index contributed by atoms with van der Waals surface area (Å²) in [4.78, 5) is 35.6. The molecule has 0 aromatic rings. The van der Waals surface area contributed by atoms with E-state index in [1.807, 2.05) is 0 Å². The molecule has 0 aliphatic heterocycles. The summed E-state index contributed by atoms with van der Waals surface area (Å²) in [7, 11) is -5.10. The minimum Gasteiger partial charge on any atom is -0.462 e.